The van der Waals surface area contributed by atoms with Crippen molar-refractivity contribution in [2.75, 3.05) is 0 Å². The summed E-state index contributed by atoms with van der Waals surface area (Å²) in [6.45, 7) is 0.725. The summed E-state index contributed by atoms with van der Waals surface area (Å²) >= 11 is 9.42. The fraction of sp³-hybridized carbons (Fsp3) is 0.143. The Kier molecular flexibility index (Phi) is 3.53. The van der Waals surface area contributed by atoms with Crippen molar-refractivity contribution in [3.05, 3.63) is 58.5 Å². The molecular formula is C14H11BrClN3. The van der Waals surface area contributed by atoms with Gasteiger partial charge in [-0.15, -0.1) is 11.6 Å². The maximum absolute atomic E-state index is 5.98. The number of nitrogens with zero attached hydrogens (tertiary/aromatic N) is 3. The number of imidazole rings is 1. The summed E-state index contributed by atoms with van der Waals surface area (Å²) in [5, 5.41) is 0. The van der Waals surface area contributed by atoms with Crippen LogP contribution in [0.3, 0.4) is 0 Å². The predicted molar refractivity (Wildman–Crippen MR) is 80.3 cm³/mol. The lowest BCUT2D eigenvalue weighted by atomic mass is 10.2. The highest BCUT2D eigenvalue weighted by atomic mass is 79.9. The fourth-order valence-corrected chi connectivity index (χ4v) is 2.51. The van der Waals surface area contributed by atoms with E-state index in [1.165, 1.54) is 5.56 Å². The molecule has 3 aromatic rings. The summed E-state index contributed by atoms with van der Waals surface area (Å²) in [6, 6.07) is 12.1. The van der Waals surface area contributed by atoms with Gasteiger partial charge in [0.05, 0.1) is 12.4 Å². The molecule has 0 aliphatic rings. The van der Waals surface area contributed by atoms with Gasteiger partial charge >= 0.3 is 0 Å². The zero-order valence-corrected chi connectivity index (χ0v) is 12.4. The van der Waals surface area contributed by atoms with Crippen LogP contribution in [0.5, 0.6) is 0 Å². The lowest BCUT2D eigenvalue weighted by molar-refractivity contribution is 0.770. The van der Waals surface area contributed by atoms with E-state index in [-0.39, 0.29) is 0 Å². The van der Waals surface area contributed by atoms with Gasteiger partial charge in [-0.3, -0.25) is 0 Å². The molecule has 1 aromatic carbocycles. The number of aromatic nitrogens is 3. The second kappa shape index (κ2) is 5.31. The van der Waals surface area contributed by atoms with Gasteiger partial charge in [0.2, 0.25) is 0 Å². The van der Waals surface area contributed by atoms with Crippen LogP contribution in [-0.4, -0.2) is 14.5 Å². The van der Waals surface area contributed by atoms with Crippen molar-refractivity contribution in [1.82, 2.24) is 14.5 Å². The van der Waals surface area contributed by atoms with E-state index in [1.807, 2.05) is 24.3 Å². The first kappa shape index (κ1) is 12.6. The van der Waals surface area contributed by atoms with Crippen molar-refractivity contribution < 1.29 is 0 Å². The van der Waals surface area contributed by atoms with Crippen molar-refractivity contribution in [1.29, 1.82) is 0 Å². The molecule has 0 unspecified atom stereocenters. The highest BCUT2D eigenvalue weighted by molar-refractivity contribution is 9.10. The van der Waals surface area contributed by atoms with Gasteiger partial charge in [0.25, 0.3) is 0 Å². The Labute approximate surface area is 124 Å². The minimum atomic E-state index is 0.382. The van der Waals surface area contributed by atoms with E-state index in [9.17, 15) is 0 Å². The smallest absolute Gasteiger partial charge is 0.160 e. The highest BCUT2D eigenvalue weighted by Crippen LogP contribution is 2.18. The fourth-order valence-electron chi connectivity index (χ4n) is 2.05. The molecule has 0 saturated heterocycles. The number of hydrogen-bond donors (Lipinski definition) is 0. The maximum atomic E-state index is 5.98. The monoisotopic (exact) mass is 335 g/mol. The first-order chi connectivity index (χ1) is 9.28. The van der Waals surface area contributed by atoms with E-state index in [2.05, 4.69) is 42.6 Å². The topological polar surface area (TPSA) is 30.7 Å². The third-order valence-electron chi connectivity index (χ3n) is 2.96. The molecule has 96 valence electrons. The Hall–Kier alpha value is -1.39. The Morgan fingerprint density at radius 3 is 2.68 bits per heavy atom. The lowest BCUT2D eigenvalue weighted by Crippen LogP contribution is -2.04. The van der Waals surface area contributed by atoms with Crippen LogP contribution in [0.15, 0.2) is 47.1 Å². The van der Waals surface area contributed by atoms with Gasteiger partial charge in [0, 0.05) is 10.7 Å². The normalized spacial score (nSPS) is 11.1. The van der Waals surface area contributed by atoms with E-state index in [0.29, 0.717) is 5.88 Å². The predicted octanol–water partition coefficient (Wildman–Crippen LogP) is 3.98. The molecule has 0 radical (unpaired) electrons. The van der Waals surface area contributed by atoms with Crippen LogP contribution in [0.25, 0.3) is 11.2 Å². The zero-order valence-electron chi connectivity index (χ0n) is 10.1. The average Bonchev–Trinajstić information content (AvgIpc) is 2.79. The Morgan fingerprint density at radius 2 is 1.95 bits per heavy atom. The number of pyridine rings is 1. The van der Waals surface area contributed by atoms with E-state index in [0.717, 1.165) is 28.0 Å². The minimum absolute atomic E-state index is 0.382. The first-order valence-corrected chi connectivity index (χ1v) is 7.21. The van der Waals surface area contributed by atoms with Crippen molar-refractivity contribution in [2.24, 2.45) is 0 Å². The van der Waals surface area contributed by atoms with E-state index in [1.54, 1.807) is 6.20 Å². The van der Waals surface area contributed by atoms with Gasteiger partial charge in [0.1, 0.15) is 11.3 Å². The Morgan fingerprint density at radius 1 is 1.16 bits per heavy atom. The molecular weight excluding hydrogens is 326 g/mol. The highest BCUT2D eigenvalue weighted by Gasteiger charge is 2.10. The molecule has 19 heavy (non-hydrogen) atoms. The molecule has 0 aliphatic carbocycles. The zero-order chi connectivity index (χ0) is 13.2. The van der Waals surface area contributed by atoms with Crippen molar-refractivity contribution >= 4 is 38.7 Å². The molecule has 0 atom stereocenters. The third-order valence-corrected chi connectivity index (χ3v) is 3.72. The molecule has 0 N–H and O–H groups in total. The number of halogens is 2. The van der Waals surface area contributed by atoms with Crippen LogP contribution in [0.1, 0.15) is 11.4 Å². The number of alkyl halides is 1. The molecule has 0 spiro atoms. The summed E-state index contributed by atoms with van der Waals surface area (Å²) < 4.78 is 3.13. The number of benzene rings is 1. The Balaban J connectivity index is 2.06. The summed E-state index contributed by atoms with van der Waals surface area (Å²) in [5.74, 6) is 1.23. The largest absolute Gasteiger partial charge is 0.307 e. The summed E-state index contributed by atoms with van der Waals surface area (Å²) in [6.07, 6.45) is 1.78. The third kappa shape index (κ3) is 2.51. The molecule has 0 bridgehead atoms. The van der Waals surface area contributed by atoms with Crippen molar-refractivity contribution in [2.45, 2.75) is 12.4 Å². The lowest BCUT2D eigenvalue weighted by Gasteiger charge is -2.07. The second-order valence-corrected chi connectivity index (χ2v) is 5.40. The van der Waals surface area contributed by atoms with Crippen molar-refractivity contribution in [3.63, 3.8) is 0 Å². The van der Waals surface area contributed by atoms with Gasteiger partial charge in [-0.25, -0.2) is 9.97 Å². The minimum Gasteiger partial charge on any atom is -0.307 e. The van der Waals surface area contributed by atoms with Crippen LogP contribution < -0.4 is 0 Å². The van der Waals surface area contributed by atoms with Gasteiger partial charge in [0.15, 0.2) is 5.65 Å². The quantitative estimate of drug-likeness (QED) is 0.677. The molecule has 2 aromatic heterocycles. The van der Waals surface area contributed by atoms with Gasteiger partial charge in [-0.1, -0.05) is 28.1 Å². The van der Waals surface area contributed by atoms with Crippen LogP contribution in [0.2, 0.25) is 0 Å². The molecule has 0 saturated carbocycles. The molecule has 5 heteroatoms. The molecule has 3 nitrogen and oxygen atoms in total. The van der Waals surface area contributed by atoms with Crippen LogP contribution in [-0.2, 0) is 12.4 Å². The first-order valence-electron chi connectivity index (χ1n) is 5.88. The van der Waals surface area contributed by atoms with Crippen molar-refractivity contribution in [3.8, 4) is 0 Å². The molecule has 0 aliphatic heterocycles. The summed E-state index contributed by atoms with van der Waals surface area (Å²) in [7, 11) is 0. The molecule has 0 fully saturated rings. The van der Waals surface area contributed by atoms with Crippen LogP contribution in [0.4, 0.5) is 0 Å². The van der Waals surface area contributed by atoms with Crippen LogP contribution in [0, 0.1) is 0 Å². The second-order valence-electron chi connectivity index (χ2n) is 4.22. The SMILES string of the molecule is ClCc1nc2cccnc2n1Cc1ccc(Br)cc1. The molecule has 2 heterocycles. The number of rotatable bonds is 3. The standard InChI is InChI=1S/C14H11BrClN3/c15-11-5-3-10(4-6-11)9-19-13(8-16)18-12-2-1-7-17-14(12)19/h1-7H,8-9H2. The maximum Gasteiger partial charge on any atom is 0.160 e. The van der Waals surface area contributed by atoms with E-state index >= 15 is 0 Å². The van der Waals surface area contributed by atoms with E-state index in [4.69, 9.17) is 11.6 Å². The van der Waals surface area contributed by atoms with Gasteiger partial charge in [-0.05, 0) is 29.8 Å². The summed E-state index contributed by atoms with van der Waals surface area (Å²) in [5.41, 5.74) is 2.95. The number of hydrogen-bond acceptors (Lipinski definition) is 2. The Bertz CT molecular complexity index is 706. The summed E-state index contributed by atoms with van der Waals surface area (Å²) in [4.78, 5) is 8.90. The average molecular weight is 337 g/mol. The van der Waals surface area contributed by atoms with Gasteiger partial charge < -0.3 is 4.57 Å². The van der Waals surface area contributed by atoms with Crippen LogP contribution >= 0.6 is 27.5 Å². The van der Waals surface area contributed by atoms with E-state index < -0.39 is 0 Å². The van der Waals surface area contributed by atoms with Gasteiger partial charge in [-0.2, -0.15) is 0 Å². The number of fused-ring (bicyclic) bond motifs is 1. The molecule has 0 amide bonds. The molecule has 3 rings (SSSR count).